The third-order valence-electron chi connectivity index (χ3n) is 4.11. The van der Waals surface area contributed by atoms with E-state index in [1.165, 1.54) is 0 Å². The van der Waals surface area contributed by atoms with Gasteiger partial charge in [-0.25, -0.2) is 17.2 Å². The summed E-state index contributed by atoms with van der Waals surface area (Å²) in [6.45, 7) is 2.27. The number of rotatable bonds is 5. The molecule has 3 rings (SSSR count). The van der Waals surface area contributed by atoms with Gasteiger partial charge in [-0.15, -0.1) is 0 Å². The Hall–Kier alpha value is -2.37. The standard InChI is InChI=1S/C16H18F2N4O4S/c1-11-9-14(20-26-11)19-15(23)10-21-5-7-22(8-6-21)27(24,25)16-12(17)3-2-4-13(16)18/h2-4,9H,5-8,10H2,1H3,(H,19,20,23). The van der Waals surface area contributed by atoms with Crippen LogP contribution in [-0.4, -0.2) is 61.4 Å². The Morgan fingerprint density at radius 1 is 1.22 bits per heavy atom. The molecule has 0 saturated carbocycles. The second-order valence-corrected chi connectivity index (χ2v) is 7.98. The van der Waals surface area contributed by atoms with Crippen LogP contribution in [0, 0.1) is 18.6 Å². The van der Waals surface area contributed by atoms with Crippen LogP contribution in [0.2, 0.25) is 0 Å². The van der Waals surface area contributed by atoms with Crippen LogP contribution in [0.1, 0.15) is 5.76 Å². The molecule has 0 bridgehead atoms. The van der Waals surface area contributed by atoms with E-state index in [9.17, 15) is 22.0 Å². The molecule has 8 nitrogen and oxygen atoms in total. The van der Waals surface area contributed by atoms with Gasteiger partial charge in [-0.3, -0.25) is 9.69 Å². The van der Waals surface area contributed by atoms with Crippen LogP contribution in [0.3, 0.4) is 0 Å². The van der Waals surface area contributed by atoms with Crippen molar-refractivity contribution in [3.63, 3.8) is 0 Å². The normalized spacial score (nSPS) is 16.4. The molecular weight excluding hydrogens is 382 g/mol. The molecule has 0 unspecified atom stereocenters. The van der Waals surface area contributed by atoms with Gasteiger partial charge in [-0.05, 0) is 19.1 Å². The Morgan fingerprint density at radius 3 is 2.41 bits per heavy atom. The predicted molar refractivity (Wildman–Crippen MR) is 91.4 cm³/mol. The largest absolute Gasteiger partial charge is 0.360 e. The summed E-state index contributed by atoms with van der Waals surface area (Å²) in [4.78, 5) is 12.8. The molecule has 146 valence electrons. The Labute approximate surface area is 154 Å². The average Bonchev–Trinajstić information content (AvgIpc) is 2.99. The van der Waals surface area contributed by atoms with Gasteiger partial charge in [0.05, 0.1) is 6.54 Å². The van der Waals surface area contributed by atoms with E-state index >= 15 is 0 Å². The molecule has 0 spiro atoms. The molecule has 1 fully saturated rings. The number of hydrogen-bond donors (Lipinski definition) is 1. The van der Waals surface area contributed by atoms with Crippen LogP contribution in [0.15, 0.2) is 33.7 Å². The van der Waals surface area contributed by atoms with E-state index in [0.29, 0.717) is 11.6 Å². The van der Waals surface area contributed by atoms with Crippen LogP contribution in [0.5, 0.6) is 0 Å². The Balaban J connectivity index is 1.59. The molecule has 27 heavy (non-hydrogen) atoms. The molecule has 1 aromatic carbocycles. The summed E-state index contributed by atoms with van der Waals surface area (Å²) in [6.07, 6.45) is 0. The first-order valence-electron chi connectivity index (χ1n) is 8.17. The smallest absolute Gasteiger partial charge is 0.249 e. The number of carbonyl (C=O) groups excluding carboxylic acids is 1. The number of halogens is 2. The lowest BCUT2D eigenvalue weighted by Crippen LogP contribution is -2.50. The van der Waals surface area contributed by atoms with Crippen molar-refractivity contribution in [1.29, 1.82) is 0 Å². The minimum Gasteiger partial charge on any atom is -0.360 e. The monoisotopic (exact) mass is 400 g/mol. The van der Waals surface area contributed by atoms with Crippen LogP contribution in [0.25, 0.3) is 0 Å². The van der Waals surface area contributed by atoms with E-state index in [0.717, 1.165) is 22.5 Å². The van der Waals surface area contributed by atoms with Gasteiger partial charge in [0.25, 0.3) is 0 Å². The number of piperazine rings is 1. The summed E-state index contributed by atoms with van der Waals surface area (Å²) >= 11 is 0. The number of nitrogens with zero attached hydrogens (tertiary/aromatic N) is 3. The number of aromatic nitrogens is 1. The van der Waals surface area contributed by atoms with Crippen molar-refractivity contribution >= 4 is 21.7 Å². The van der Waals surface area contributed by atoms with Gasteiger partial charge in [0.2, 0.25) is 15.9 Å². The van der Waals surface area contributed by atoms with Crippen molar-refractivity contribution in [1.82, 2.24) is 14.4 Å². The minimum atomic E-state index is -4.29. The highest BCUT2D eigenvalue weighted by atomic mass is 32.2. The maximum absolute atomic E-state index is 13.8. The SMILES string of the molecule is Cc1cc(NC(=O)CN2CCN(S(=O)(=O)c3c(F)cccc3F)CC2)no1. The lowest BCUT2D eigenvalue weighted by Gasteiger charge is -2.33. The fraction of sp³-hybridized carbons (Fsp3) is 0.375. The van der Waals surface area contributed by atoms with E-state index < -0.39 is 26.6 Å². The molecular formula is C16H18F2N4O4S. The number of amides is 1. The zero-order chi connectivity index (χ0) is 19.6. The average molecular weight is 400 g/mol. The van der Waals surface area contributed by atoms with Gasteiger partial charge < -0.3 is 9.84 Å². The van der Waals surface area contributed by atoms with Crippen LogP contribution in [0.4, 0.5) is 14.6 Å². The maximum atomic E-state index is 13.8. The first-order chi connectivity index (χ1) is 12.8. The van der Waals surface area contributed by atoms with E-state index in [1.807, 2.05) is 0 Å². The highest BCUT2D eigenvalue weighted by Crippen LogP contribution is 2.23. The molecule has 11 heteroatoms. The van der Waals surface area contributed by atoms with Gasteiger partial charge >= 0.3 is 0 Å². The van der Waals surface area contributed by atoms with Crippen molar-refractivity contribution in [3.05, 3.63) is 41.7 Å². The molecule has 1 aliphatic heterocycles. The molecule has 2 heterocycles. The summed E-state index contributed by atoms with van der Waals surface area (Å²) in [6, 6.07) is 4.49. The predicted octanol–water partition coefficient (Wildman–Crippen LogP) is 1.21. The lowest BCUT2D eigenvalue weighted by molar-refractivity contribution is -0.117. The highest BCUT2D eigenvalue weighted by molar-refractivity contribution is 7.89. The molecule has 0 aliphatic carbocycles. The summed E-state index contributed by atoms with van der Waals surface area (Å²) < 4.78 is 58.6. The van der Waals surface area contributed by atoms with E-state index in [-0.39, 0.29) is 38.6 Å². The van der Waals surface area contributed by atoms with Crippen LogP contribution >= 0.6 is 0 Å². The number of nitrogens with one attached hydrogen (secondary N) is 1. The fourth-order valence-corrected chi connectivity index (χ4v) is 4.33. The summed E-state index contributed by atoms with van der Waals surface area (Å²) in [5, 5.41) is 6.24. The number of benzene rings is 1. The van der Waals surface area contributed by atoms with E-state index in [1.54, 1.807) is 17.9 Å². The molecule has 2 aromatic rings. The zero-order valence-electron chi connectivity index (χ0n) is 14.5. The van der Waals surface area contributed by atoms with Crippen molar-refractivity contribution in [2.75, 3.05) is 38.0 Å². The first-order valence-corrected chi connectivity index (χ1v) is 9.61. The Kier molecular flexibility index (Phi) is 5.53. The molecule has 0 radical (unpaired) electrons. The van der Waals surface area contributed by atoms with Crippen LogP contribution in [-0.2, 0) is 14.8 Å². The van der Waals surface area contributed by atoms with Crippen LogP contribution < -0.4 is 5.32 Å². The first kappa shape index (κ1) is 19.4. The summed E-state index contributed by atoms with van der Waals surface area (Å²) in [5.74, 6) is -1.71. The van der Waals surface area contributed by atoms with Crippen molar-refractivity contribution < 1.29 is 26.5 Å². The molecule has 1 N–H and O–H groups in total. The summed E-state index contributed by atoms with van der Waals surface area (Å²) in [7, 11) is -4.29. The summed E-state index contributed by atoms with van der Waals surface area (Å²) in [5.41, 5.74) is 0. The topological polar surface area (TPSA) is 95.8 Å². The number of sulfonamides is 1. The Morgan fingerprint density at radius 2 is 1.85 bits per heavy atom. The third-order valence-corrected chi connectivity index (χ3v) is 6.06. The Bertz CT molecular complexity index is 919. The van der Waals surface area contributed by atoms with Gasteiger partial charge in [-0.2, -0.15) is 4.31 Å². The molecule has 1 amide bonds. The van der Waals surface area contributed by atoms with Crippen molar-refractivity contribution in [2.24, 2.45) is 0 Å². The quantitative estimate of drug-likeness (QED) is 0.811. The fourth-order valence-electron chi connectivity index (χ4n) is 2.80. The second kappa shape index (κ2) is 7.71. The maximum Gasteiger partial charge on any atom is 0.249 e. The van der Waals surface area contributed by atoms with Crippen molar-refractivity contribution in [3.8, 4) is 0 Å². The number of anilines is 1. The molecule has 1 saturated heterocycles. The second-order valence-electron chi connectivity index (χ2n) is 6.10. The van der Waals surface area contributed by atoms with Gasteiger partial charge in [0.15, 0.2) is 10.7 Å². The number of hydrogen-bond acceptors (Lipinski definition) is 6. The molecule has 1 aliphatic rings. The number of carbonyl (C=O) groups is 1. The zero-order valence-corrected chi connectivity index (χ0v) is 15.3. The highest BCUT2D eigenvalue weighted by Gasteiger charge is 2.33. The minimum absolute atomic E-state index is 0.0203. The van der Waals surface area contributed by atoms with E-state index in [4.69, 9.17) is 4.52 Å². The van der Waals surface area contributed by atoms with Gasteiger partial charge in [-0.1, -0.05) is 11.2 Å². The van der Waals surface area contributed by atoms with Gasteiger partial charge in [0, 0.05) is 32.2 Å². The van der Waals surface area contributed by atoms with E-state index in [2.05, 4.69) is 10.5 Å². The number of aryl methyl sites for hydroxylation is 1. The lowest BCUT2D eigenvalue weighted by atomic mass is 10.3. The molecule has 1 aromatic heterocycles. The molecule has 0 atom stereocenters. The van der Waals surface area contributed by atoms with Crippen molar-refractivity contribution in [2.45, 2.75) is 11.8 Å². The third kappa shape index (κ3) is 4.31. The van der Waals surface area contributed by atoms with Gasteiger partial charge in [0.1, 0.15) is 17.4 Å².